The summed E-state index contributed by atoms with van der Waals surface area (Å²) >= 11 is 0. The van der Waals surface area contributed by atoms with Crippen molar-refractivity contribution in [3.63, 3.8) is 0 Å². The third kappa shape index (κ3) is 6.26. The standard InChI is InChI=1S/C13H22N2/c1-2-14-10-6-7-11-15-12-13-8-4-3-5-9-13/h3-5,8-9,14-15H,2,6-7,10-12H2,1H3. The molecule has 0 saturated carbocycles. The van der Waals surface area contributed by atoms with Gasteiger partial charge in [-0.15, -0.1) is 0 Å². The summed E-state index contributed by atoms with van der Waals surface area (Å²) in [6, 6.07) is 10.5. The van der Waals surface area contributed by atoms with Crippen molar-refractivity contribution in [2.75, 3.05) is 19.6 Å². The molecule has 0 bridgehead atoms. The smallest absolute Gasteiger partial charge is 0.0205 e. The second-order valence-electron chi connectivity index (χ2n) is 3.72. The fraction of sp³-hybridized carbons (Fsp3) is 0.538. The predicted molar refractivity (Wildman–Crippen MR) is 65.9 cm³/mol. The zero-order chi connectivity index (χ0) is 10.8. The van der Waals surface area contributed by atoms with Crippen LogP contribution in [0.3, 0.4) is 0 Å². The molecule has 2 heteroatoms. The van der Waals surface area contributed by atoms with Crippen molar-refractivity contribution < 1.29 is 0 Å². The van der Waals surface area contributed by atoms with E-state index in [1.807, 2.05) is 0 Å². The van der Waals surface area contributed by atoms with Crippen LogP contribution in [0.25, 0.3) is 0 Å². The molecule has 0 spiro atoms. The fourth-order valence-corrected chi connectivity index (χ4v) is 1.51. The quantitative estimate of drug-likeness (QED) is 0.637. The molecule has 0 fully saturated rings. The van der Waals surface area contributed by atoms with Gasteiger partial charge in [0.05, 0.1) is 0 Å². The lowest BCUT2D eigenvalue weighted by Crippen LogP contribution is -2.18. The Morgan fingerprint density at radius 1 is 0.933 bits per heavy atom. The van der Waals surface area contributed by atoms with Gasteiger partial charge >= 0.3 is 0 Å². The Kier molecular flexibility index (Phi) is 6.88. The summed E-state index contributed by atoms with van der Waals surface area (Å²) in [5.41, 5.74) is 1.36. The third-order valence-electron chi connectivity index (χ3n) is 2.38. The first-order valence-corrected chi connectivity index (χ1v) is 5.89. The molecular formula is C13H22N2. The van der Waals surface area contributed by atoms with Crippen LogP contribution in [0.4, 0.5) is 0 Å². The molecule has 0 radical (unpaired) electrons. The van der Waals surface area contributed by atoms with Gasteiger partial charge in [-0.2, -0.15) is 0 Å². The molecule has 0 aliphatic heterocycles. The van der Waals surface area contributed by atoms with E-state index in [9.17, 15) is 0 Å². The van der Waals surface area contributed by atoms with Crippen molar-refractivity contribution in [1.82, 2.24) is 10.6 Å². The lowest BCUT2D eigenvalue weighted by atomic mass is 10.2. The van der Waals surface area contributed by atoms with Crippen LogP contribution in [-0.2, 0) is 6.54 Å². The van der Waals surface area contributed by atoms with Crippen molar-refractivity contribution in [1.29, 1.82) is 0 Å². The van der Waals surface area contributed by atoms with E-state index in [0.29, 0.717) is 0 Å². The largest absolute Gasteiger partial charge is 0.317 e. The first-order valence-electron chi connectivity index (χ1n) is 5.89. The first-order chi connectivity index (χ1) is 7.43. The number of unbranched alkanes of at least 4 members (excludes halogenated alkanes) is 1. The monoisotopic (exact) mass is 206 g/mol. The summed E-state index contributed by atoms with van der Waals surface area (Å²) in [4.78, 5) is 0. The highest BCUT2D eigenvalue weighted by Crippen LogP contribution is 1.97. The zero-order valence-corrected chi connectivity index (χ0v) is 9.63. The van der Waals surface area contributed by atoms with E-state index in [4.69, 9.17) is 0 Å². The van der Waals surface area contributed by atoms with E-state index < -0.39 is 0 Å². The predicted octanol–water partition coefficient (Wildman–Crippen LogP) is 2.17. The minimum absolute atomic E-state index is 0.988. The van der Waals surface area contributed by atoms with Gasteiger partial charge in [-0.1, -0.05) is 37.3 Å². The van der Waals surface area contributed by atoms with E-state index >= 15 is 0 Å². The van der Waals surface area contributed by atoms with Gasteiger partial charge in [0.1, 0.15) is 0 Å². The summed E-state index contributed by atoms with van der Waals surface area (Å²) in [5, 5.41) is 6.78. The minimum Gasteiger partial charge on any atom is -0.317 e. The molecule has 1 aromatic rings. The van der Waals surface area contributed by atoms with Crippen LogP contribution in [0.2, 0.25) is 0 Å². The van der Waals surface area contributed by atoms with E-state index in [1.165, 1.54) is 18.4 Å². The summed E-state index contributed by atoms with van der Waals surface area (Å²) in [7, 11) is 0. The Morgan fingerprint density at radius 3 is 2.27 bits per heavy atom. The molecule has 2 nitrogen and oxygen atoms in total. The number of nitrogens with one attached hydrogen (secondary N) is 2. The van der Waals surface area contributed by atoms with Gasteiger partial charge < -0.3 is 10.6 Å². The van der Waals surface area contributed by atoms with Gasteiger partial charge in [0.2, 0.25) is 0 Å². The Hall–Kier alpha value is -0.860. The molecule has 0 amide bonds. The second kappa shape index (κ2) is 8.45. The molecule has 0 heterocycles. The van der Waals surface area contributed by atoms with Crippen LogP contribution >= 0.6 is 0 Å². The number of hydrogen-bond acceptors (Lipinski definition) is 2. The average molecular weight is 206 g/mol. The highest BCUT2D eigenvalue weighted by atomic mass is 14.9. The Balaban J connectivity index is 1.93. The minimum atomic E-state index is 0.988. The molecule has 0 saturated heterocycles. The molecule has 0 aliphatic rings. The highest BCUT2D eigenvalue weighted by Gasteiger charge is 1.90. The van der Waals surface area contributed by atoms with Crippen molar-refractivity contribution in [2.45, 2.75) is 26.3 Å². The van der Waals surface area contributed by atoms with E-state index in [0.717, 1.165) is 26.2 Å². The normalized spacial score (nSPS) is 10.5. The van der Waals surface area contributed by atoms with Crippen molar-refractivity contribution in [3.05, 3.63) is 35.9 Å². The van der Waals surface area contributed by atoms with Crippen molar-refractivity contribution in [2.24, 2.45) is 0 Å². The summed E-state index contributed by atoms with van der Waals surface area (Å²) < 4.78 is 0. The topological polar surface area (TPSA) is 24.1 Å². The Morgan fingerprint density at radius 2 is 1.60 bits per heavy atom. The van der Waals surface area contributed by atoms with Gasteiger partial charge in [0.25, 0.3) is 0 Å². The lowest BCUT2D eigenvalue weighted by Gasteiger charge is -2.05. The molecule has 0 atom stereocenters. The highest BCUT2D eigenvalue weighted by molar-refractivity contribution is 5.14. The fourth-order valence-electron chi connectivity index (χ4n) is 1.51. The molecule has 15 heavy (non-hydrogen) atoms. The van der Waals surface area contributed by atoms with E-state index in [-0.39, 0.29) is 0 Å². The zero-order valence-electron chi connectivity index (χ0n) is 9.63. The summed E-state index contributed by atoms with van der Waals surface area (Å²) in [6.07, 6.45) is 2.51. The summed E-state index contributed by atoms with van der Waals surface area (Å²) in [5.74, 6) is 0. The molecule has 2 N–H and O–H groups in total. The molecule has 84 valence electrons. The maximum atomic E-state index is 3.45. The first kappa shape index (κ1) is 12.2. The van der Waals surface area contributed by atoms with Gasteiger partial charge in [-0.05, 0) is 38.0 Å². The molecule has 1 rings (SSSR count). The molecular weight excluding hydrogens is 184 g/mol. The van der Waals surface area contributed by atoms with Crippen molar-refractivity contribution in [3.8, 4) is 0 Å². The van der Waals surface area contributed by atoms with Crippen LogP contribution in [0.1, 0.15) is 25.3 Å². The average Bonchev–Trinajstić information content (AvgIpc) is 2.29. The maximum absolute atomic E-state index is 3.45. The molecule has 0 aliphatic carbocycles. The number of hydrogen-bond donors (Lipinski definition) is 2. The van der Waals surface area contributed by atoms with Gasteiger partial charge in [0, 0.05) is 6.54 Å². The molecule has 0 unspecified atom stereocenters. The van der Waals surface area contributed by atoms with Gasteiger partial charge in [0.15, 0.2) is 0 Å². The van der Waals surface area contributed by atoms with Crippen LogP contribution in [-0.4, -0.2) is 19.6 Å². The van der Waals surface area contributed by atoms with Crippen LogP contribution in [0.5, 0.6) is 0 Å². The maximum Gasteiger partial charge on any atom is 0.0205 e. The Labute approximate surface area is 93.1 Å². The number of rotatable bonds is 8. The molecule has 1 aromatic carbocycles. The van der Waals surface area contributed by atoms with Crippen LogP contribution in [0, 0.1) is 0 Å². The van der Waals surface area contributed by atoms with E-state index in [2.05, 4.69) is 47.9 Å². The van der Waals surface area contributed by atoms with E-state index in [1.54, 1.807) is 0 Å². The van der Waals surface area contributed by atoms with Crippen molar-refractivity contribution >= 4 is 0 Å². The molecule has 0 aromatic heterocycles. The lowest BCUT2D eigenvalue weighted by molar-refractivity contribution is 0.591. The SMILES string of the molecule is CCNCCCCNCc1ccccc1. The van der Waals surface area contributed by atoms with Crippen LogP contribution < -0.4 is 10.6 Å². The van der Waals surface area contributed by atoms with Gasteiger partial charge in [-0.25, -0.2) is 0 Å². The van der Waals surface area contributed by atoms with Crippen LogP contribution in [0.15, 0.2) is 30.3 Å². The summed E-state index contributed by atoms with van der Waals surface area (Å²) in [6.45, 7) is 6.47. The number of benzene rings is 1. The second-order valence-corrected chi connectivity index (χ2v) is 3.72. The Bertz CT molecular complexity index is 234. The third-order valence-corrected chi connectivity index (χ3v) is 2.38. The van der Waals surface area contributed by atoms with Gasteiger partial charge in [-0.3, -0.25) is 0 Å².